The molecule has 5 aromatic rings. The van der Waals surface area contributed by atoms with E-state index in [-0.39, 0.29) is 35.2 Å². The summed E-state index contributed by atoms with van der Waals surface area (Å²) in [6, 6.07) is 24.9. The molecule has 0 bridgehead atoms. The standard InChI is InChI=1S/C32H27N7O7/c33-27-22(16-35-32(34)36-27)23-17-39(38-37-23)28-26(46-31(42)21-14-8-3-9-15-21)25(45-30(41)20-12-6-2-7-13-20)24(44-28)18-43-29(40)19-10-4-1-5-11-19/h1-17,24-26,28H,18H2,(H4,33,34,35,36)/t24-,25-,26-,28-/m1/s1. The fraction of sp³-hybridized carbons (Fsp3) is 0.156. The second-order valence-electron chi connectivity index (χ2n) is 10.1. The summed E-state index contributed by atoms with van der Waals surface area (Å²) in [5.41, 5.74) is 13.1. The molecule has 232 valence electrons. The molecule has 1 fully saturated rings. The Kier molecular flexibility index (Phi) is 8.60. The highest BCUT2D eigenvalue weighted by atomic mass is 16.7. The minimum Gasteiger partial charge on any atom is -0.459 e. The van der Waals surface area contributed by atoms with Gasteiger partial charge in [-0.05, 0) is 36.4 Å². The fourth-order valence-corrected chi connectivity index (χ4v) is 4.80. The highest BCUT2D eigenvalue weighted by Gasteiger charge is 2.52. The minimum atomic E-state index is -1.27. The number of esters is 3. The third kappa shape index (κ3) is 6.51. The normalized spacial score (nSPS) is 18.9. The number of ether oxygens (including phenoxy) is 4. The van der Waals surface area contributed by atoms with Gasteiger partial charge >= 0.3 is 17.9 Å². The lowest BCUT2D eigenvalue weighted by molar-refractivity contribution is -0.0678. The maximum Gasteiger partial charge on any atom is 0.338 e. The largest absolute Gasteiger partial charge is 0.459 e. The van der Waals surface area contributed by atoms with Gasteiger partial charge in [0.25, 0.3) is 0 Å². The van der Waals surface area contributed by atoms with Gasteiger partial charge in [0.05, 0.1) is 28.5 Å². The topological polar surface area (TPSA) is 197 Å². The van der Waals surface area contributed by atoms with E-state index in [1.165, 1.54) is 17.1 Å². The zero-order valence-electron chi connectivity index (χ0n) is 24.1. The Morgan fingerprint density at radius 2 is 1.30 bits per heavy atom. The van der Waals surface area contributed by atoms with Crippen LogP contribution in [0.2, 0.25) is 0 Å². The van der Waals surface area contributed by atoms with Crippen molar-refractivity contribution in [2.75, 3.05) is 18.1 Å². The Balaban J connectivity index is 1.35. The average Bonchev–Trinajstić information content (AvgIpc) is 3.70. The highest BCUT2D eigenvalue weighted by molar-refractivity contribution is 5.91. The first-order valence-electron chi connectivity index (χ1n) is 14.1. The van der Waals surface area contributed by atoms with Crippen LogP contribution in [0.25, 0.3) is 11.3 Å². The van der Waals surface area contributed by atoms with Crippen LogP contribution in [-0.4, -0.2) is 67.8 Å². The average molecular weight is 622 g/mol. The van der Waals surface area contributed by atoms with Crippen LogP contribution in [0, 0.1) is 0 Å². The van der Waals surface area contributed by atoms with Crippen LogP contribution in [0.3, 0.4) is 0 Å². The summed E-state index contributed by atoms with van der Waals surface area (Å²) in [5.74, 6) is -1.99. The Labute approximate surface area is 261 Å². The van der Waals surface area contributed by atoms with Gasteiger partial charge in [0, 0.05) is 6.20 Å². The molecule has 1 aliphatic rings. The molecule has 4 atom stereocenters. The van der Waals surface area contributed by atoms with E-state index in [4.69, 9.17) is 30.4 Å². The van der Waals surface area contributed by atoms with E-state index in [9.17, 15) is 14.4 Å². The number of anilines is 2. The van der Waals surface area contributed by atoms with E-state index in [1.54, 1.807) is 91.0 Å². The van der Waals surface area contributed by atoms with Gasteiger partial charge in [-0.25, -0.2) is 24.0 Å². The monoisotopic (exact) mass is 621 g/mol. The Hall–Kier alpha value is -6.15. The zero-order chi connectivity index (χ0) is 32.0. The van der Waals surface area contributed by atoms with Crippen LogP contribution < -0.4 is 11.5 Å². The van der Waals surface area contributed by atoms with Gasteiger partial charge in [-0.2, -0.15) is 4.98 Å². The van der Waals surface area contributed by atoms with Crippen molar-refractivity contribution in [2.45, 2.75) is 24.5 Å². The second kappa shape index (κ2) is 13.2. The Morgan fingerprint density at radius 1 is 0.761 bits per heavy atom. The van der Waals surface area contributed by atoms with Gasteiger partial charge in [0.15, 0.2) is 18.4 Å². The third-order valence-electron chi connectivity index (χ3n) is 7.06. The van der Waals surface area contributed by atoms with Crippen molar-refractivity contribution < 1.29 is 33.3 Å². The van der Waals surface area contributed by atoms with Crippen LogP contribution in [0.1, 0.15) is 37.3 Å². The van der Waals surface area contributed by atoms with Crippen molar-refractivity contribution in [1.29, 1.82) is 0 Å². The van der Waals surface area contributed by atoms with Crippen molar-refractivity contribution in [3.05, 3.63) is 120 Å². The predicted octanol–water partition coefficient (Wildman–Crippen LogP) is 3.11. The first-order valence-corrected chi connectivity index (χ1v) is 14.1. The summed E-state index contributed by atoms with van der Waals surface area (Å²) in [5, 5.41) is 8.34. The fourth-order valence-electron chi connectivity index (χ4n) is 4.80. The van der Waals surface area contributed by atoms with Crippen LogP contribution >= 0.6 is 0 Å². The van der Waals surface area contributed by atoms with E-state index >= 15 is 0 Å². The summed E-state index contributed by atoms with van der Waals surface area (Å²) in [6.45, 7) is -0.351. The van der Waals surface area contributed by atoms with Crippen LogP contribution in [0.15, 0.2) is 103 Å². The molecule has 0 saturated carbocycles. The molecule has 4 N–H and O–H groups in total. The molecular weight excluding hydrogens is 594 g/mol. The van der Waals surface area contributed by atoms with Gasteiger partial charge in [0.2, 0.25) is 5.95 Å². The summed E-state index contributed by atoms with van der Waals surface area (Å²) in [7, 11) is 0. The quantitative estimate of drug-likeness (QED) is 0.180. The van der Waals surface area contributed by atoms with Gasteiger partial charge in [-0.1, -0.05) is 59.8 Å². The molecule has 0 amide bonds. The van der Waals surface area contributed by atoms with E-state index in [2.05, 4.69) is 20.3 Å². The van der Waals surface area contributed by atoms with E-state index in [0.717, 1.165) is 0 Å². The number of nitrogens with two attached hydrogens (primary N) is 2. The third-order valence-corrected chi connectivity index (χ3v) is 7.06. The molecule has 1 saturated heterocycles. The van der Waals surface area contributed by atoms with E-state index in [0.29, 0.717) is 11.1 Å². The number of carbonyl (C=O) groups excluding carboxylic acids is 3. The molecule has 0 radical (unpaired) electrons. The Bertz CT molecular complexity index is 1840. The lowest BCUT2D eigenvalue weighted by Crippen LogP contribution is -2.41. The zero-order valence-corrected chi connectivity index (χ0v) is 24.1. The van der Waals surface area contributed by atoms with Crippen LogP contribution in [-0.2, 0) is 18.9 Å². The maximum atomic E-state index is 13.3. The lowest BCUT2D eigenvalue weighted by atomic mass is 10.1. The number of benzene rings is 3. The summed E-state index contributed by atoms with van der Waals surface area (Å²) in [4.78, 5) is 47.4. The number of nitrogens with zero attached hydrogens (tertiary/aromatic N) is 5. The maximum absolute atomic E-state index is 13.3. The molecule has 3 aromatic carbocycles. The molecule has 3 heterocycles. The number of aromatic nitrogens is 5. The molecule has 0 spiro atoms. The number of hydrogen-bond acceptors (Lipinski definition) is 13. The summed E-state index contributed by atoms with van der Waals surface area (Å²) < 4.78 is 25.0. The SMILES string of the molecule is Nc1ncc(-c2cn([C@@H]3O[C@H](COC(=O)c4ccccc4)[C@@H](OC(=O)c4ccccc4)[C@H]3OC(=O)c3ccccc3)nn2)c(N)n1. The first kappa shape index (κ1) is 29.9. The molecule has 1 aliphatic heterocycles. The van der Waals surface area contributed by atoms with E-state index < -0.39 is 42.4 Å². The molecule has 46 heavy (non-hydrogen) atoms. The van der Waals surface area contributed by atoms with Crippen molar-refractivity contribution in [1.82, 2.24) is 25.0 Å². The number of nitrogen functional groups attached to an aromatic ring is 2. The Morgan fingerprint density at radius 3 is 1.87 bits per heavy atom. The lowest BCUT2D eigenvalue weighted by Gasteiger charge is -2.24. The molecule has 0 aliphatic carbocycles. The molecule has 14 heteroatoms. The molecular formula is C32H27N7O7. The summed E-state index contributed by atoms with van der Waals surface area (Å²) >= 11 is 0. The van der Waals surface area contributed by atoms with Gasteiger partial charge in [0.1, 0.15) is 24.2 Å². The molecule has 6 rings (SSSR count). The van der Waals surface area contributed by atoms with Crippen LogP contribution in [0.4, 0.5) is 11.8 Å². The van der Waals surface area contributed by atoms with E-state index in [1.807, 2.05) is 0 Å². The highest BCUT2D eigenvalue weighted by Crippen LogP contribution is 2.36. The van der Waals surface area contributed by atoms with Crippen molar-refractivity contribution in [2.24, 2.45) is 0 Å². The van der Waals surface area contributed by atoms with Crippen LogP contribution in [0.5, 0.6) is 0 Å². The van der Waals surface area contributed by atoms with Crippen molar-refractivity contribution in [3.8, 4) is 11.3 Å². The summed E-state index contributed by atoms with van der Waals surface area (Å²) in [6.07, 6.45) is -1.91. The number of rotatable bonds is 9. The van der Waals surface area contributed by atoms with Gasteiger partial charge in [-0.15, -0.1) is 5.10 Å². The predicted molar refractivity (Wildman–Crippen MR) is 162 cm³/mol. The minimum absolute atomic E-state index is 0.0170. The molecule has 2 aromatic heterocycles. The van der Waals surface area contributed by atoms with Crippen molar-refractivity contribution >= 4 is 29.7 Å². The number of hydrogen-bond donors (Lipinski definition) is 2. The first-order chi connectivity index (χ1) is 22.4. The van der Waals surface area contributed by atoms with Crippen molar-refractivity contribution in [3.63, 3.8) is 0 Å². The van der Waals surface area contributed by atoms with Gasteiger partial charge in [-0.3, -0.25) is 0 Å². The molecule has 14 nitrogen and oxygen atoms in total. The smallest absolute Gasteiger partial charge is 0.338 e. The second-order valence-corrected chi connectivity index (χ2v) is 10.1. The molecule has 0 unspecified atom stereocenters. The van der Waals surface area contributed by atoms with Gasteiger partial charge < -0.3 is 30.4 Å². The number of carbonyl (C=O) groups is 3.